The molecule has 4 rings (SSSR count). The number of carbonyl (C=O) groups excluding carboxylic acids is 1. The largest absolute Gasteiger partial charge is 0.362 e. The highest BCUT2D eigenvalue weighted by Crippen LogP contribution is 2.30. The van der Waals surface area contributed by atoms with Crippen LogP contribution in [0.25, 0.3) is 5.69 Å². The third-order valence-corrected chi connectivity index (χ3v) is 5.51. The van der Waals surface area contributed by atoms with E-state index in [9.17, 15) is 4.79 Å². The number of nitrogens with one attached hydrogen (secondary N) is 1. The number of carbonyl (C=O) groups is 1. The van der Waals surface area contributed by atoms with E-state index in [2.05, 4.69) is 54.0 Å². The van der Waals surface area contributed by atoms with Crippen molar-refractivity contribution >= 4 is 11.7 Å². The van der Waals surface area contributed by atoms with E-state index in [0.717, 1.165) is 34.0 Å². The fourth-order valence-electron chi connectivity index (χ4n) is 3.64. The number of imidazole rings is 1. The van der Waals surface area contributed by atoms with Gasteiger partial charge in [-0.1, -0.05) is 20.8 Å². The van der Waals surface area contributed by atoms with Crippen molar-refractivity contribution in [1.29, 1.82) is 0 Å². The summed E-state index contributed by atoms with van der Waals surface area (Å²) < 4.78 is 2.01. The first-order chi connectivity index (χ1) is 14.3. The molecule has 0 aromatic carbocycles. The third kappa shape index (κ3) is 3.67. The molecule has 1 atom stereocenters. The Kier molecular flexibility index (Phi) is 5.05. The van der Waals surface area contributed by atoms with Gasteiger partial charge in [-0.2, -0.15) is 0 Å². The Balaban J connectivity index is 1.56. The first-order valence-electron chi connectivity index (χ1n) is 10.3. The van der Waals surface area contributed by atoms with Crippen LogP contribution < -0.4 is 5.32 Å². The highest BCUT2D eigenvalue weighted by molar-refractivity contribution is 5.99. The van der Waals surface area contributed by atoms with E-state index < -0.39 is 0 Å². The lowest BCUT2D eigenvalue weighted by molar-refractivity contribution is 0.0787. The van der Waals surface area contributed by atoms with E-state index in [4.69, 9.17) is 0 Å². The second-order valence-corrected chi connectivity index (χ2v) is 8.73. The second-order valence-electron chi connectivity index (χ2n) is 8.73. The number of aromatic nitrogens is 4. The van der Waals surface area contributed by atoms with Crippen LogP contribution in [0.4, 0.5) is 5.82 Å². The quantitative estimate of drug-likeness (QED) is 0.693. The fraction of sp³-hybridized carbons (Fsp3) is 0.391. The van der Waals surface area contributed by atoms with Crippen molar-refractivity contribution < 1.29 is 4.79 Å². The summed E-state index contributed by atoms with van der Waals surface area (Å²) in [5.74, 6) is 0.819. The van der Waals surface area contributed by atoms with Crippen LogP contribution in [0.1, 0.15) is 68.0 Å². The van der Waals surface area contributed by atoms with Crippen LogP contribution in [-0.2, 0) is 12.0 Å². The summed E-state index contributed by atoms with van der Waals surface area (Å²) in [6.45, 7) is 11.8. The Morgan fingerprint density at radius 3 is 2.67 bits per heavy atom. The van der Waals surface area contributed by atoms with Gasteiger partial charge < -0.3 is 14.8 Å². The maximum absolute atomic E-state index is 12.4. The molecule has 0 radical (unpaired) electrons. The minimum absolute atomic E-state index is 0.0164. The molecule has 1 N–H and O–H groups in total. The minimum atomic E-state index is -0.0556. The highest BCUT2D eigenvalue weighted by Gasteiger charge is 2.29. The lowest BCUT2D eigenvalue weighted by atomic mass is 9.91. The zero-order valence-corrected chi connectivity index (χ0v) is 18.2. The normalized spacial score (nSPS) is 14.7. The number of amides is 1. The topological polar surface area (TPSA) is 75.9 Å². The molecule has 0 saturated heterocycles. The van der Waals surface area contributed by atoms with Crippen molar-refractivity contribution in [3.63, 3.8) is 0 Å². The third-order valence-electron chi connectivity index (χ3n) is 5.51. The van der Waals surface area contributed by atoms with Crippen molar-refractivity contribution in [2.75, 3.05) is 11.9 Å². The molecule has 0 bridgehead atoms. The van der Waals surface area contributed by atoms with Crippen LogP contribution in [0.2, 0.25) is 0 Å². The molecule has 0 aliphatic carbocycles. The predicted molar refractivity (Wildman–Crippen MR) is 117 cm³/mol. The Morgan fingerprint density at radius 1 is 1.17 bits per heavy atom. The summed E-state index contributed by atoms with van der Waals surface area (Å²) in [4.78, 5) is 27.9. The summed E-state index contributed by atoms with van der Waals surface area (Å²) in [7, 11) is 0. The zero-order valence-electron chi connectivity index (χ0n) is 18.2. The Bertz CT molecular complexity index is 1080. The maximum atomic E-state index is 12.4. The molecule has 30 heavy (non-hydrogen) atoms. The van der Waals surface area contributed by atoms with Gasteiger partial charge in [-0.05, 0) is 32.0 Å². The average Bonchev–Trinajstić information content (AvgIpc) is 3.33. The van der Waals surface area contributed by atoms with Crippen molar-refractivity contribution in [1.82, 2.24) is 24.4 Å². The standard InChI is InChI=1S/C23H28N6O/c1-6-28-12-18-17(22(28)30)8-10-25-21(18)27-15(2)19-13-29(14-26-19)16-7-9-24-20(11-16)23(3,4)5/h7-11,13-15H,6,12H2,1-5H3,(H,25,27)/t15-/m0/s1. The SMILES string of the molecule is CCN1Cc2c(ccnc2N[C@@H](C)c2cn(-c3ccnc(C(C)(C)C)c3)cn2)C1=O. The van der Waals surface area contributed by atoms with Crippen molar-refractivity contribution in [3.8, 4) is 5.69 Å². The number of pyridine rings is 2. The summed E-state index contributed by atoms with van der Waals surface area (Å²) in [5, 5.41) is 3.45. The monoisotopic (exact) mass is 404 g/mol. The van der Waals surface area contributed by atoms with E-state index >= 15 is 0 Å². The molecule has 156 valence electrons. The molecular weight excluding hydrogens is 376 g/mol. The molecule has 1 aliphatic rings. The molecule has 0 fully saturated rings. The van der Waals surface area contributed by atoms with E-state index in [0.29, 0.717) is 13.1 Å². The minimum Gasteiger partial charge on any atom is -0.362 e. The number of fused-ring (bicyclic) bond motifs is 1. The van der Waals surface area contributed by atoms with Gasteiger partial charge in [-0.15, -0.1) is 0 Å². The molecule has 1 aliphatic heterocycles. The number of hydrogen-bond donors (Lipinski definition) is 1. The van der Waals surface area contributed by atoms with Crippen LogP contribution in [0, 0.1) is 0 Å². The second kappa shape index (κ2) is 7.55. The predicted octanol–water partition coefficient (Wildman–Crippen LogP) is 4.11. The summed E-state index contributed by atoms with van der Waals surface area (Å²) in [5.41, 5.74) is 4.65. The van der Waals surface area contributed by atoms with Gasteiger partial charge in [0.1, 0.15) is 5.82 Å². The summed E-state index contributed by atoms with van der Waals surface area (Å²) in [6, 6.07) is 5.82. The first kappa shape index (κ1) is 20.1. The molecular formula is C23H28N6O. The smallest absolute Gasteiger partial charge is 0.254 e. The van der Waals surface area contributed by atoms with Gasteiger partial charge in [0.05, 0.1) is 24.6 Å². The van der Waals surface area contributed by atoms with E-state index in [1.165, 1.54) is 0 Å². The average molecular weight is 405 g/mol. The van der Waals surface area contributed by atoms with Crippen molar-refractivity contribution in [2.45, 2.75) is 52.6 Å². The summed E-state index contributed by atoms with van der Waals surface area (Å²) in [6.07, 6.45) is 7.37. The van der Waals surface area contributed by atoms with Gasteiger partial charge in [0.2, 0.25) is 0 Å². The van der Waals surface area contributed by atoms with Crippen LogP contribution >= 0.6 is 0 Å². The van der Waals surface area contributed by atoms with Crippen molar-refractivity contribution in [2.24, 2.45) is 0 Å². The zero-order chi connectivity index (χ0) is 21.5. The number of rotatable bonds is 5. The van der Waals surface area contributed by atoms with Crippen LogP contribution in [-0.4, -0.2) is 36.9 Å². The molecule has 0 unspecified atom stereocenters. The maximum Gasteiger partial charge on any atom is 0.254 e. The molecule has 0 spiro atoms. The molecule has 7 nitrogen and oxygen atoms in total. The Labute approximate surface area is 177 Å². The van der Waals surface area contributed by atoms with Crippen LogP contribution in [0.3, 0.4) is 0 Å². The number of nitrogens with zero attached hydrogens (tertiary/aromatic N) is 5. The van der Waals surface area contributed by atoms with Gasteiger partial charge in [-0.25, -0.2) is 9.97 Å². The number of anilines is 1. The van der Waals surface area contributed by atoms with Gasteiger partial charge in [0.25, 0.3) is 5.91 Å². The lowest BCUT2D eigenvalue weighted by Gasteiger charge is -2.18. The molecule has 7 heteroatoms. The van der Waals surface area contributed by atoms with Crippen LogP contribution in [0.15, 0.2) is 43.1 Å². The van der Waals surface area contributed by atoms with Crippen molar-refractivity contribution in [3.05, 3.63) is 65.6 Å². The van der Waals surface area contributed by atoms with Gasteiger partial charge in [0, 0.05) is 53.1 Å². The summed E-state index contributed by atoms with van der Waals surface area (Å²) >= 11 is 0. The van der Waals surface area contributed by atoms with E-state index in [1.807, 2.05) is 41.2 Å². The van der Waals surface area contributed by atoms with Gasteiger partial charge in [0.15, 0.2) is 0 Å². The molecule has 1 amide bonds. The lowest BCUT2D eigenvalue weighted by Crippen LogP contribution is -2.22. The molecule has 4 heterocycles. The first-order valence-corrected chi connectivity index (χ1v) is 10.3. The molecule has 3 aromatic heterocycles. The Morgan fingerprint density at radius 2 is 1.93 bits per heavy atom. The van der Waals surface area contributed by atoms with Gasteiger partial charge >= 0.3 is 0 Å². The molecule has 0 saturated carbocycles. The number of hydrogen-bond acceptors (Lipinski definition) is 5. The fourth-order valence-corrected chi connectivity index (χ4v) is 3.64. The highest BCUT2D eigenvalue weighted by atomic mass is 16.2. The van der Waals surface area contributed by atoms with E-state index in [-0.39, 0.29) is 17.4 Å². The Hall–Kier alpha value is -3.22. The van der Waals surface area contributed by atoms with Gasteiger partial charge in [-0.3, -0.25) is 9.78 Å². The van der Waals surface area contributed by atoms with E-state index in [1.54, 1.807) is 12.3 Å². The van der Waals surface area contributed by atoms with Crippen LogP contribution in [0.5, 0.6) is 0 Å². The molecule has 3 aromatic rings.